The molecule has 2 rings (SSSR count). The van der Waals surface area contributed by atoms with Gasteiger partial charge in [0.2, 0.25) is 0 Å². The molecule has 0 saturated heterocycles. The average molecular weight is 262 g/mol. The minimum absolute atomic E-state index is 0.169. The lowest BCUT2D eigenvalue weighted by Crippen LogP contribution is -2.31. The standard InChI is InChI=1S/C13H22N6/c1-4-19-10-15-7-13(19)12(5-14)17(2)8-11-6-16-18(3)9-11/h6-7,9-10,12H,4-5,8,14H2,1-3H3. The Morgan fingerprint density at radius 2 is 2.21 bits per heavy atom. The van der Waals surface area contributed by atoms with Crippen molar-refractivity contribution >= 4 is 0 Å². The molecule has 2 aromatic heterocycles. The van der Waals surface area contributed by atoms with Gasteiger partial charge in [0.1, 0.15) is 0 Å². The van der Waals surface area contributed by atoms with Crippen LogP contribution in [-0.2, 0) is 20.1 Å². The number of aromatic nitrogens is 4. The van der Waals surface area contributed by atoms with Crippen LogP contribution in [0.3, 0.4) is 0 Å². The smallest absolute Gasteiger partial charge is 0.0948 e. The van der Waals surface area contributed by atoms with Gasteiger partial charge in [-0.15, -0.1) is 0 Å². The van der Waals surface area contributed by atoms with Gasteiger partial charge in [0.25, 0.3) is 0 Å². The van der Waals surface area contributed by atoms with Crippen LogP contribution in [0.1, 0.15) is 24.2 Å². The van der Waals surface area contributed by atoms with Crippen molar-refractivity contribution in [3.05, 3.63) is 36.2 Å². The second-order valence-electron chi connectivity index (χ2n) is 4.79. The van der Waals surface area contributed by atoms with E-state index in [1.54, 1.807) is 0 Å². The van der Waals surface area contributed by atoms with Gasteiger partial charge in [0.05, 0.1) is 24.3 Å². The van der Waals surface area contributed by atoms with E-state index >= 15 is 0 Å². The molecule has 19 heavy (non-hydrogen) atoms. The lowest BCUT2D eigenvalue weighted by molar-refractivity contribution is 0.232. The van der Waals surface area contributed by atoms with E-state index in [4.69, 9.17) is 5.73 Å². The molecule has 0 amide bonds. The van der Waals surface area contributed by atoms with Gasteiger partial charge in [-0.25, -0.2) is 4.98 Å². The van der Waals surface area contributed by atoms with Crippen molar-refractivity contribution in [2.75, 3.05) is 13.6 Å². The average Bonchev–Trinajstić information content (AvgIpc) is 2.99. The molecule has 0 aromatic carbocycles. The largest absolute Gasteiger partial charge is 0.333 e. The zero-order valence-corrected chi connectivity index (χ0v) is 11.8. The van der Waals surface area contributed by atoms with Crippen LogP contribution in [0.25, 0.3) is 0 Å². The van der Waals surface area contributed by atoms with Gasteiger partial charge >= 0.3 is 0 Å². The molecule has 1 unspecified atom stereocenters. The SMILES string of the molecule is CCn1cncc1C(CN)N(C)Cc1cnn(C)c1. The molecule has 0 aliphatic heterocycles. The highest BCUT2D eigenvalue weighted by Crippen LogP contribution is 2.20. The van der Waals surface area contributed by atoms with Crippen molar-refractivity contribution in [3.63, 3.8) is 0 Å². The summed E-state index contributed by atoms with van der Waals surface area (Å²) in [4.78, 5) is 6.46. The topological polar surface area (TPSA) is 64.9 Å². The summed E-state index contributed by atoms with van der Waals surface area (Å²) in [5.41, 5.74) is 8.29. The number of hydrogen-bond acceptors (Lipinski definition) is 4. The number of nitrogens with zero attached hydrogens (tertiary/aromatic N) is 5. The fraction of sp³-hybridized carbons (Fsp3) is 0.538. The highest BCUT2D eigenvalue weighted by Gasteiger charge is 2.19. The summed E-state index contributed by atoms with van der Waals surface area (Å²) >= 11 is 0. The summed E-state index contributed by atoms with van der Waals surface area (Å²) in [5.74, 6) is 0. The van der Waals surface area contributed by atoms with Crippen molar-refractivity contribution in [2.24, 2.45) is 12.8 Å². The van der Waals surface area contributed by atoms with Crippen LogP contribution in [0.4, 0.5) is 0 Å². The maximum absolute atomic E-state index is 5.94. The molecule has 0 radical (unpaired) electrons. The van der Waals surface area contributed by atoms with Gasteiger partial charge in [-0.2, -0.15) is 5.10 Å². The summed E-state index contributed by atoms with van der Waals surface area (Å²) in [5, 5.41) is 4.19. The molecule has 2 N–H and O–H groups in total. The van der Waals surface area contributed by atoms with E-state index in [0.29, 0.717) is 6.54 Å². The fourth-order valence-electron chi connectivity index (χ4n) is 2.35. The molecule has 1 atom stereocenters. The normalized spacial score (nSPS) is 13.1. The van der Waals surface area contributed by atoms with Crippen LogP contribution in [0.2, 0.25) is 0 Å². The van der Waals surface area contributed by atoms with Crippen LogP contribution in [0.5, 0.6) is 0 Å². The van der Waals surface area contributed by atoms with Gasteiger partial charge in [-0.1, -0.05) is 0 Å². The lowest BCUT2D eigenvalue weighted by atomic mass is 10.1. The van der Waals surface area contributed by atoms with Crippen LogP contribution in [0, 0.1) is 0 Å². The summed E-state index contributed by atoms with van der Waals surface area (Å²) in [6, 6.07) is 0.169. The summed E-state index contributed by atoms with van der Waals surface area (Å²) in [7, 11) is 4.01. The number of likely N-dealkylation sites (N-methyl/N-ethyl adjacent to an activating group) is 1. The number of hydrogen-bond donors (Lipinski definition) is 1. The molecule has 0 aliphatic carbocycles. The third kappa shape index (κ3) is 3.02. The van der Waals surface area contributed by atoms with Crippen LogP contribution in [-0.4, -0.2) is 37.8 Å². The van der Waals surface area contributed by atoms with Crippen molar-refractivity contribution in [2.45, 2.75) is 26.1 Å². The Bertz CT molecular complexity index is 515. The quantitative estimate of drug-likeness (QED) is 0.835. The van der Waals surface area contributed by atoms with E-state index in [9.17, 15) is 0 Å². The Balaban J connectivity index is 2.13. The molecule has 6 heteroatoms. The first-order chi connectivity index (χ1) is 9.15. The van der Waals surface area contributed by atoms with Crippen molar-refractivity contribution in [3.8, 4) is 0 Å². The van der Waals surface area contributed by atoms with Crippen molar-refractivity contribution in [1.82, 2.24) is 24.2 Å². The zero-order chi connectivity index (χ0) is 13.8. The number of imidazole rings is 1. The van der Waals surface area contributed by atoms with E-state index in [1.807, 2.05) is 36.6 Å². The minimum atomic E-state index is 0.169. The molecule has 0 bridgehead atoms. The second kappa shape index (κ2) is 5.99. The molecule has 0 spiro atoms. The summed E-state index contributed by atoms with van der Waals surface area (Å²) < 4.78 is 3.95. The zero-order valence-electron chi connectivity index (χ0n) is 11.8. The van der Waals surface area contributed by atoms with Gasteiger partial charge in [-0.3, -0.25) is 9.58 Å². The molecule has 6 nitrogen and oxygen atoms in total. The Morgan fingerprint density at radius 3 is 2.79 bits per heavy atom. The van der Waals surface area contributed by atoms with Gasteiger partial charge < -0.3 is 10.3 Å². The highest BCUT2D eigenvalue weighted by molar-refractivity contribution is 5.09. The Kier molecular flexibility index (Phi) is 4.34. The molecule has 2 heterocycles. The van der Waals surface area contributed by atoms with Gasteiger partial charge in [0, 0.05) is 44.6 Å². The van der Waals surface area contributed by atoms with E-state index in [1.165, 1.54) is 5.56 Å². The van der Waals surface area contributed by atoms with Crippen molar-refractivity contribution in [1.29, 1.82) is 0 Å². The molecule has 2 aromatic rings. The number of nitrogens with two attached hydrogens (primary N) is 1. The van der Waals surface area contributed by atoms with Crippen LogP contribution < -0.4 is 5.73 Å². The van der Waals surface area contributed by atoms with Gasteiger partial charge in [-0.05, 0) is 14.0 Å². The minimum Gasteiger partial charge on any atom is -0.333 e. The van der Waals surface area contributed by atoms with E-state index in [2.05, 4.69) is 33.5 Å². The summed E-state index contributed by atoms with van der Waals surface area (Å²) in [6.07, 6.45) is 7.68. The van der Waals surface area contributed by atoms with Gasteiger partial charge in [0.15, 0.2) is 0 Å². The van der Waals surface area contributed by atoms with E-state index in [0.717, 1.165) is 18.8 Å². The van der Waals surface area contributed by atoms with Crippen LogP contribution in [0.15, 0.2) is 24.9 Å². The second-order valence-corrected chi connectivity index (χ2v) is 4.79. The van der Waals surface area contributed by atoms with Crippen molar-refractivity contribution < 1.29 is 0 Å². The van der Waals surface area contributed by atoms with E-state index in [-0.39, 0.29) is 6.04 Å². The monoisotopic (exact) mass is 262 g/mol. The van der Waals surface area contributed by atoms with Crippen LogP contribution >= 0.6 is 0 Å². The molecular weight excluding hydrogens is 240 g/mol. The Morgan fingerprint density at radius 1 is 1.42 bits per heavy atom. The summed E-state index contributed by atoms with van der Waals surface area (Å²) in [6.45, 7) is 4.42. The first-order valence-corrected chi connectivity index (χ1v) is 6.53. The highest BCUT2D eigenvalue weighted by atomic mass is 15.2. The third-order valence-electron chi connectivity index (χ3n) is 3.37. The first kappa shape index (κ1) is 13.8. The molecule has 104 valence electrons. The molecule has 0 aliphatic rings. The predicted molar refractivity (Wildman–Crippen MR) is 74.4 cm³/mol. The number of rotatable bonds is 6. The molecular formula is C13H22N6. The Labute approximate surface area is 113 Å². The Hall–Kier alpha value is -1.66. The number of aryl methyl sites for hydroxylation is 2. The first-order valence-electron chi connectivity index (χ1n) is 6.53. The molecule has 0 saturated carbocycles. The van der Waals surface area contributed by atoms with E-state index < -0.39 is 0 Å². The molecule has 0 fully saturated rings. The maximum atomic E-state index is 5.94. The fourth-order valence-corrected chi connectivity index (χ4v) is 2.35. The predicted octanol–water partition coefficient (Wildman–Crippen LogP) is 0.768. The maximum Gasteiger partial charge on any atom is 0.0948 e. The lowest BCUT2D eigenvalue weighted by Gasteiger charge is -2.27. The third-order valence-corrected chi connectivity index (χ3v) is 3.37.